The van der Waals surface area contributed by atoms with Gasteiger partial charge in [0.05, 0.1) is 28.7 Å². The molecular weight excluding hydrogens is 735 g/mol. The van der Waals surface area contributed by atoms with Crippen LogP contribution in [-0.2, 0) is 5.41 Å². The van der Waals surface area contributed by atoms with Gasteiger partial charge in [0.25, 0.3) is 0 Å². The van der Waals surface area contributed by atoms with Gasteiger partial charge < -0.3 is 10.1 Å². The van der Waals surface area contributed by atoms with Crippen molar-refractivity contribution in [2.45, 2.75) is 17.7 Å². The van der Waals surface area contributed by atoms with E-state index in [1.165, 1.54) is 22.3 Å². The summed E-state index contributed by atoms with van der Waals surface area (Å²) in [5.74, 6) is 2.25. The van der Waals surface area contributed by atoms with Crippen LogP contribution in [0.3, 0.4) is 0 Å². The Morgan fingerprint density at radius 2 is 1.15 bits per heavy atom. The molecule has 60 heavy (non-hydrogen) atoms. The SMILES string of the molecule is N#Cc1ccc(-c2cccc(C3=NC(c4ccc5c(c4)C4(c6ccccc6OC6C=CC=CC64)c4ccccc4-5)NC(c4cccc(-c5ccc(C#N)cc5)c4)=N3)c2)cc1. The van der Waals surface area contributed by atoms with Crippen molar-refractivity contribution < 1.29 is 4.74 Å². The summed E-state index contributed by atoms with van der Waals surface area (Å²) in [7, 11) is 0. The predicted molar refractivity (Wildman–Crippen MR) is 237 cm³/mol. The van der Waals surface area contributed by atoms with E-state index in [1.807, 2.05) is 60.7 Å². The van der Waals surface area contributed by atoms with Crippen LogP contribution >= 0.6 is 0 Å². The number of para-hydroxylation sites is 1. The molecule has 2 heterocycles. The van der Waals surface area contributed by atoms with Gasteiger partial charge in [-0.25, -0.2) is 9.98 Å². The fourth-order valence-corrected chi connectivity index (χ4v) is 9.51. The van der Waals surface area contributed by atoms with Crippen LogP contribution in [0.4, 0.5) is 0 Å². The minimum atomic E-state index is -0.494. The third-order valence-electron chi connectivity index (χ3n) is 12.3. The Bertz CT molecular complexity index is 3090. The Hall–Kier alpha value is -8.06. The maximum atomic E-state index is 9.41. The van der Waals surface area contributed by atoms with E-state index in [9.17, 15) is 10.5 Å². The zero-order valence-corrected chi connectivity index (χ0v) is 32.3. The van der Waals surface area contributed by atoms with Gasteiger partial charge in [0.1, 0.15) is 23.9 Å². The number of allylic oxidation sites excluding steroid dienone is 2. The minimum absolute atomic E-state index is 0.0282. The third-order valence-corrected chi connectivity index (χ3v) is 12.3. The maximum Gasteiger partial charge on any atom is 0.159 e. The van der Waals surface area contributed by atoms with E-state index < -0.39 is 11.6 Å². The molecule has 2 aliphatic heterocycles. The molecule has 6 heteroatoms. The fourth-order valence-electron chi connectivity index (χ4n) is 9.51. The van der Waals surface area contributed by atoms with Gasteiger partial charge in [-0.1, -0.05) is 133 Å². The van der Waals surface area contributed by atoms with E-state index in [4.69, 9.17) is 14.7 Å². The Labute approximate surface area is 348 Å². The first-order chi connectivity index (χ1) is 29.6. The molecule has 0 bridgehead atoms. The average molecular weight is 770 g/mol. The summed E-state index contributed by atoms with van der Waals surface area (Å²) < 4.78 is 6.72. The van der Waals surface area contributed by atoms with Gasteiger partial charge in [-0.2, -0.15) is 10.5 Å². The number of amidine groups is 2. The molecule has 2 aliphatic carbocycles. The zero-order valence-electron chi connectivity index (χ0n) is 32.3. The van der Waals surface area contributed by atoms with Gasteiger partial charge in [-0.3, -0.25) is 0 Å². The molecule has 4 atom stereocenters. The number of ether oxygens (including phenoxy) is 1. The molecule has 0 radical (unpaired) electrons. The molecule has 1 N–H and O–H groups in total. The Kier molecular flexibility index (Phi) is 8.25. The van der Waals surface area contributed by atoms with Crippen molar-refractivity contribution >= 4 is 11.7 Å². The van der Waals surface area contributed by atoms with Crippen molar-refractivity contribution in [3.05, 3.63) is 233 Å². The van der Waals surface area contributed by atoms with Crippen LogP contribution in [0.15, 0.2) is 198 Å². The highest BCUT2D eigenvalue weighted by atomic mass is 16.5. The normalized spacial score (nSPS) is 20.2. The highest BCUT2D eigenvalue weighted by molar-refractivity contribution is 6.13. The van der Waals surface area contributed by atoms with E-state index >= 15 is 0 Å². The second kappa shape index (κ2) is 14.1. The zero-order chi connectivity index (χ0) is 40.2. The molecule has 6 nitrogen and oxygen atoms in total. The summed E-state index contributed by atoms with van der Waals surface area (Å²) in [6.45, 7) is 0. The standard InChI is InChI=1S/C54H35N5O/c55-32-34-19-23-36(24-20-34)38-9-7-11-40(29-38)51-57-52(41-12-8-10-39(30-41)37-25-21-35(33-56)22-26-37)59-53(58-51)42-27-28-44-43-13-1-2-14-45(43)54(48(44)31-42)46-15-3-5-17-49(46)60-50-18-6-4-16-47(50)54/h1-31,46,49,53H,(H,57,58,59). The fraction of sp³-hybridized carbons (Fsp3) is 0.0741. The summed E-state index contributed by atoms with van der Waals surface area (Å²) in [5, 5.41) is 22.6. The number of hydrogen-bond donors (Lipinski definition) is 1. The second-order valence-corrected chi connectivity index (χ2v) is 15.5. The molecule has 0 fully saturated rings. The maximum absolute atomic E-state index is 9.41. The topological polar surface area (TPSA) is 93.6 Å². The summed E-state index contributed by atoms with van der Waals surface area (Å²) in [4.78, 5) is 10.6. The summed E-state index contributed by atoms with van der Waals surface area (Å²) >= 11 is 0. The first-order valence-electron chi connectivity index (χ1n) is 20.1. The molecule has 0 saturated heterocycles. The van der Waals surface area contributed by atoms with Crippen molar-refractivity contribution in [3.8, 4) is 51.3 Å². The lowest BCUT2D eigenvalue weighted by Gasteiger charge is -2.47. The van der Waals surface area contributed by atoms with E-state index in [-0.39, 0.29) is 12.0 Å². The summed E-state index contributed by atoms with van der Waals surface area (Å²) in [6, 6.07) is 60.5. The molecule has 7 aromatic rings. The Morgan fingerprint density at radius 3 is 1.88 bits per heavy atom. The molecule has 1 spiro atoms. The highest BCUT2D eigenvalue weighted by Crippen LogP contribution is 2.62. The number of rotatable bonds is 5. The van der Waals surface area contributed by atoms with E-state index in [0.29, 0.717) is 22.8 Å². The van der Waals surface area contributed by atoms with Gasteiger partial charge in [-0.15, -0.1) is 0 Å². The van der Waals surface area contributed by atoms with Crippen LogP contribution in [0.25, 0.3) is 33.4 Å². The number of benzene rings is 7. The number of nitrogens with one attached hydrogen (secondary N) is 1. The molecule has 4 aliphatic rings. The Balaban J connectivity index is 1.07. The molecule has 282 valence electrons. The van der Waals surface area contributed by atoms with Crippen LogP contribution in [0.1, 0.15) is 50.7 Å². The van der Waals surface area contributed by atoms with Crippen molar-refractivity contribution in [2.75, 3.05) is 0 Å². The number of nitriles is 2. The van der Waals surface area contributed by atoms with E-state index in [0.717, 1.165) is 50.3 Å². The van der Waals surface area contributed by atoms with Crippen LogP contribution in [0, 0.1) is 28.6 Å². The summed E-state index contributed by atoms with van der Waals surface area (Å²) in [5.41, 5.74) is 13.7. The third kappa shape index (κ3) is 5.62. The molecular formula is C54H35N5O. The minimum Gasteiger partial charge on any atom is -0.485 e. The first kappa shape index (κ1) is 35.1. The lowest BCUT2D eigenvalue weighted by Crippen LogP contribution is -2.47. The first-order valence-corrected chi connectivity index (χ1v) is 20.1. The molecule has 0 aromatic heterocycles. The lowest BCUT2D eigenvalue weighted by atomic mass is 9.60. The number of fused-ring (bicyclic) bond motifs is 9. The number of hydrogen-bond acceptors (Lipinski definition) is 6. The monoisotopic (exact) mass is 769 g/mol. The van der Waals surface area contributed by atoms with Gasteiger partial charge in [-0.05, 0) is 105 Å². The second-order valence-electron chi connectivity index (χ2n) is 15.5. The highest BCUT2D eigenvalue weighted by Gasteiger charge is 2.55. The predicted octanol–water partition coefficient (Wildman–Crippen LogP) is 11.1. The van der Waals surface area contributed by atoms with E-state index in [2.05, 4.69) is 145 Å². The Morgan fingerprint density at radius 1 is 0.533 bits per heavy atom. The number of aliphatic imine (C=N–C) groups is 2. The van der Waals surface area contributed by atoms with Gasteiger partial charge >= 0.3 is 0 Å². The summed E-state index contributed by atoms with van der Waals surface area (Å²) in [6.07, 6.45) is 8.16. The molecule has 0 amide bonds. The molecule has 4 unspecified atom stereocenters. The number of nitrogens with zero attached hydrogens (tertiary/aromatic N) is 4. The quantitative estimate of drug-likeness (QED) is 0.189. The van der Waals surface area contributed by atoms with Crippen molar-refractivity contribution in [3.63, 3.8) is 0 Å². The molecule has 7 aromatic carbocycles. The van der Waals surface area contributed by atoms with Crippen LogP contribution < -0.4 is 10.1 Å². The molecule has 11 rings (SSSR count). The van der Waals surface area contributed by atoms with Crippen molar-refractivity contribution in [1.29, 1.82) is 10.5 Å². The lowest BCUT2D eigenvalue weighted by molar-refractivity contribution is 0.141. The van der Waals surface area contributed by atoms with Gasteiger partial charge in [0, 0.05) is 22.6 Å². The van der Waals surface area contributed by atoms with Gasteiger partial charge in [0.15, 0.2) is 5.84 Å². The van der Waals surface area contributed by atoms with Crippen LogP contribution in [0.5, 0.6) is 5.75 Å². The van der Waals surface area contributed by atoms with Crippen LogP contribution in [-0.4, -0.2) is 17.8 Å². The average Bonchev–Trinajstić information content (AvgIpc) is 3.61. The van der Waals surface area contributed by atoms with Crippen molar-refractivity contribution in [1.82, 2.24) is 5.32 Å². The molecule has 0 saturated carbocycles. The van der Waals surface area contributed by atoms with Gasteiger partial charge in [0.2, 0.25) is 0 Å². The van der Waals surface area contributed by atoms with Crippen LogP contribution in [0.2, 0.25) is 0 Å². The largest absolute Gasteiger partial charge is 0.485 e. The van der Waals surface area contributed by atoms with Crippen molar-refractivity contribution in [2.24, 2.45) is 15.9 Å². The smallest absolute Gasteiger partial charge is 0.159 e. The van der Waals surface area contributed by atoms with E-state index in [1.54, 1.807) is 0 Å².